The van der Waals surface area contributed by atoms with E-state index in [1.807, 2.05) is 42.5 Å². The summed E-state index contributed by atoms with van der Waals surface area (Å²) in [7, 11) is 1.46. The number of rotatable bonds is 8. The van der Waals surface area contributed by atoms with Gasteiger partial charge in [0.15, 0.2) is 6.61 Å². The number of anilines is 1. The Hall–Kier alpha value is -3.03. The summed E-state index contributed by atoms with van der Waals surface area (Å²) in [5.74, 6) is -1.29. The Morgan fingerprint density at radius 1 is 1.00 bits per heavy atom. The van der Waals surface area contributed by atoms with Crippen LogP contribution in [0.5, 0.6) is 0 Å². The van der Waals surface area contributed by atoms with E-state index in [0.717, 1.165) is 15.7 Å². The number of thioether (sulfide) groups is 1. The van der Waals surface area contributed by atoms with E-state index in [1.54, 1.807) is 24.3 Å². The number of hydrogen-bond acceptors (Lipinski definition) is 5. The summed E-state index contributed by atoms with van der Waals surface area (Å²) < 4.78 is 5.05. The quantitative estimate of drug-likeness (QED) is 0.405. The molecule has 0 aliphatic rings. The lowest BCUT2D eigenvalue weighted by Gasteiger charge is -2.17. The molecule has 0 aliphatic carbocycles. The van der Waals surface area contributed by atoms with Crippen molar-refractivity contribution in [2.24, 2.45) is 0 Å². The SMILES string of the molecule is CN(CC(=O)Nc1ccccc1Cl)C(=O)COC(=O)CSc1ccc2ccccc2c1. The van der Waals surface area contributed by atoms with Crippen LogP contribution in [0.15, 0.2) is 71.6 Å². The molecular weight excluding hydrogens is 436 g/mol. The number of para-hydroxylation sites is 1. The molecule has 0 saturated carbocycles. The van der Waals surface area contributed by atoms with E-state index in [2.05, 4.69) is 5.32 Å². The first-order valence-electron chi connectivity index (χ1n) is 9.48. The molecule has 2 amide bonds. The average Bonchev–Trinajstić information content (AvgIpc) is 2.77. The minimum atomic E-state index is -0.500. The van der Waals surface area contributed by atoms with Crippen LogP contribution < -0.4 is 5.32 Å². The summed E-state index contributed by atoms with van der Waals surface area (Å²) in [5.41, 5.74) is 0.465. The molecule has 0 aliphatic heterocycles. The van der Waals surface area contributed by atoms with Gasteiger partial charge in [-0.2, -0.15) is 0 Å². The van der Waals surface area contributed by atoms with Crippen LogP contribution in [0.4, 0.5) is 5.69 Å². The van der Waals surface area contributed by atoms with Crippen molar-refractivity contribution in [2.75, 3.05) is 31.3 Å². The standard InChI is InChI=1S/C23H21ClN2O4S/c1-26(13-21(27)25-20-9-5-4-8-19(20)24)22(28)14-30-23(29)15-31-18-11-10-16-6-2-3-7-17(16)12-18/h2-12H,13-15H2,1H3,(H,25,27). The number of likely N-dealkylation sites (N-methyl/N-ethyl adjacent to an activating group) is 1. The van der Waals surface area contributed by atoms with E-state index >= 15 is 0 Å². The first-order chi connectivity index (χ1) is 14.9. The van der Waals surface area contributed by atoms with Gasteiger partial charge < -0.3 is 15.0 Å². The van der Waals surface area contributed by atoms with Gasteiger partial charge in [-0.05, 0) is 35.0 Å². The van der Waals surface area contributed by atoms with Crippen molar-refractivity contribution < 1.29 is 19.1 Å². The van der Waals surface area contributed by atoms with E-state index in [9.17, 15) is 14.4 Å². The molecule has 0 unspecified atom stereocenters. The molecule has 0 bridgehead atoms. The Morgan fingerprint density at radius 2 is 1.71 bits per heavy atom. The first-order valence-corrected chi connectivity index (χ1v) is 10.8. The van der Waals surface area contributed by atoms with Gasteiger partial charge in [-0.3, -0.25) is 14.4 Å². The maximum Gasteiger partial charge on any atom is 0.316 e. The third kappa shape index (κ3) is 6.73. The zero-order valence-electron chi connectivity index (χ0n) is 16.8. The first kappa shape index (κ1) is 22.7. The number of ether oxygens (including phenoxy) is 1. The molecule has 0 atom stereocenters. The third-order valence-electron chi connectivity index (χ3n) is 4.39. The van der Waals surface area contributed by atoms with Gasteiger partial charge in [-0.15, -0.1) is 11.8 Å². The predicted molar refractivity (Wildman–Crippen MR) is 123 cm³/mol. The van der Waals surface area contributed by atoms with Crippen LogP contribution in [0.2, 0.25) is 5.02 Å². The van der Waals surface area contributed by atoms with E-state index in [4.69, 9.17) is 16.3 Å². The smallest absolute Gasteiger partial charge is 0.316 e. The number of esters is 1. The summed E-state index contributed by atoms with van der Waals surface area (Å²) in [6.45, 7) is -0.611. The molecule has 8 heteroatoms. The molecule has 3 rings (SSSR count). The van der Waals surface area contributed by atoms with Gasteiger partial charge in [-0.1, -0.05) is 54.1 Å². The molecule has 0 fully saturated rings. The van der Waals surface area contributed by atoms with Crippen molar-refractivity contribution in [1.82, 2.24) is 4.90 Å². The Bertz CT molecular complexity index is 1110. The second kappa shape index (κ2) is 10.8. The fourth-order valence-electron chi connectivity index (χ4n) is 2.75. The molecule has 31 heavy (non-hydrogen) atoms. The highest BCUT2D eigenvalue weighted by atomic mass is 35.5. The number of amides is 2. The summed E-state index contributed by atoms with van der Waals surface area (Å²) in [6.07, 6.45) is 0. The van der Waals surface area contributed by atoms with Gasteiger partial charge in [0, 0.05) is 11.9 Å². The van der Waals surface area contributed by atoms with Crippen LogP contribution >= 0.6 is 23.4 Å². The maximum absolute atomic E-state index is 12.2. The second-order valence-corrected chi connectivity index (χ2v) is 8.19. The number of carbonyl (C=O) groups excluding carboxylic acids is 3. The van der Waals surface area contributed by atoms with Crippen LogP contribution in [0.3, 0.4) is 0 Å². The number of nitrogens with zero attached hydrogens (tertiary/aromatic N) is 1. The lowest BCUT2D eigenvalue weighted by Crippen LogP contribution is -2.37. The van der Waals surface area contributed by atoms with Gasteiger partial charge in [0.05, 0.1) is 23.0 Å². The fourth-order valence-corrected chi connectivity index (χ4v) is 3.67. The number of halogens is 1. The van der Waals surface area contributed by atoms with Crippen LogP contribution in [-0.2, 0) is 19.1 Å². The van der Waals surface area contributed by atoms with E-state index in [1.165, 1.54) is 23.7 Å². The van der Waals surface area contributed by atoms with Gasteiger partial charge in [0.2, 0.25) is 5.91 Å². The second-order valence-electron chi connectivity index (χ2n) is 6.74. The molecule has 3 aromatic rings. The Labute approximate surface area is 189 Å². The zero-order valence-corrected chi connectivity index (χ0v) is 18.4. The minimum absolute atomic E-state index is 0.0856. The lowest BCUT2D eigenvalue weighted by atomic mass is 10.1. The van der Waals surface area contributed by atoms with Gasteiger partial charge in [0.1, 0.15) is 0 Å². The van der Waals surface area contributed by atoms with Gasteiger partial charge >= 0.3 is 5.97 Å². The number of hydrogen-bond donors (Lipinski definition) is 1. The normalized spacial score (nSPS) is 10.5. The summed E-state index contributed by atoms with van der Waals surface area (Å²) >= 11 is 7.34. The number of nitrogens with one attached hydrogen (secondary N) is 1. The summed E-state index contributed by atoms with van der Waals surface area (Å²) in [5, 5.41) is 5.26. The molecular formula is C23H21ClN2O4S. The van der Waals surface area contributed by atoms with Gasteiger partial charge in [0.25, 0.3) is 5.91 Å². The van der Waals surface area contributed by atoms with E-state index in [0.29, 0.717) is 10.7 Å². The molecule has 160 valence electrons. The molecule has 0 heterocycles. The van der Waals surface area contributed by atoms with Crippen LogP contribution in [0.1, 0.15) is 0 Å². The zero-order chi connectivity index (χ0) is 22.2. The average molecular weight is 457 g/mol. The number of fused-ring (bicyclic) bond motifs is 1. The summed E-state index contributed by atoms with van der Waals surface area (Å²) in [4.78, 5) is 38.4. The molecule has 0 saturated heterocycles. The minimum Gasteiger partial charge on any atom is -0.455 e. The van der Waals surface area contributed by atoms with Crippen molar-refractivity contribution in [3.8, 4) is 0 Å². The highest BCUT2D eigenvalue weighted by Crippen LogP contribution is 2.23. The summed E-state index contributed by atoms with van der Waals surface area (Å²) in [6, 6.07) is 20.7. The maximum atomic E-state index is 12.2. The van der Waals surface area contributed by atoms with Crippen LogP contribution in [0.25, 0.3) is 10.8 Å². The topological polar surface area (TPSA) is 75.7 Å². The fraction of sp³-hybridized carbons (Fsp3) is 0.174. The van der Waals surface area contributed by atoms with Crippen molar-refractivity contribution in [3.05, 3.63) is 71.8 Å². The van der Waals surface area contributed by atoms with E-state index in [-0.39, 0.29) is 12.3 Å². The number of benzene rings is 3. The molecule has 6 nitrogen and oxygen atoms in total. The Balaban J connectivity index is 1.41. The Kier molecular flexibility index (Phi) is 7.92. The number of carbonyl (C=O) groups is 3. The van der Waals surface area contributed by atoms with E-state index < -0.39 is 24.4 Å². The third-order valence-corrected chi connectivity index (χ3v) is 5.69. The van der Waals surface area contributed by atoms with Crippen molar-refractivity contribution in [1.29, 1.82) is 0 Å². The monoisotopic (exact) mass is 456 g/mol. The predicted octanol–water partition coefficient (Wildman–Crippen LogP) is 4.23. The Morgan fingerprint density at radius 3 is 2.48 bits per heavy atom. The largest absolute Gasteiger partial charge is 0.455 e. The highest BCUT2D eigenvalue weighted by molar-refractivity contribution is 8.00. The van der Waals surface area contributed by atoms with Gasteiger partial charge in [-0.25, -0.2) is 0 Å². The van der Waals surface area contributed by atoms with Crippen molar-refractivity contribution >= 4 is 57.6 Å². The molecule has 1 N–H and O–H groups in total. The van der Waals surface area contributed by atoms with Crippen molar-refractivity contribution in [2.45, 2.75) is 4.90 Å². The van der Waals surface area contributed by atoms with Crippen molar-refractivity contribution in [3.63, 3.8) is 0 Å². The molecule has 0 radical (unpaired) electrons. The van der Waals surface area contributed by atoms with Crippen LogP contribution in [0, 0.1) is 0 Å². The molecule has 3 aromatic carbocycles. The molecule has 0 spiro atoms. The lowest BCUT2D eigenvalue weighted by molar-refractivity contribution is -0.149. The highest BCUT2D eigenvalue weighted by Gasteiger charge is 2.16. The van der Waals surface area contributed by atoms with Crippen LogP contribution in [-0.4, -0.2) is 48.6 Å². The molecule has 0 aromatic heterocycles.